The highest BCUT2D eigenvalue weighted by Gasteiger charge is 2.43. The fraction of sp³-hybridized carbons (Fsp3) is 0.250. The van der Waals surface area contributed by atoms with Crippen molar-refractivity contribution >= 4 is 11.6 Å². The molecule has 1 aromatic heterocycles. The Morgan fingerprint density at radius 2 is 1.71 bits per heavy atom. The van der Waals surface area contributed by atoms with Gasteiger partial charge in [0.2, 0.25) is 5.91 Å². The molecule has 3 aromatic carbocycles. The third-order valence-electron chi connectivity index (χ3n) is 6.05. The number of ether oxygens (including phenoxy) is 1. The van der Waals surface area contributed by atoms with Gasteiger partial charge in [-0.1, -0.05) is 54.6 Å². The van der Waals surface area contributed by atoms with Crippen LogP contribution in [-0.2, 0) is 4.79 Å². The maximum atomic E-state index is 12.7. The molecular weight excluding hydrogens is 424 g/mol. The predicted molar refractivity (Wildman–Crippen MR) is 133 cm³/mol. The summed E-state index contributed by atoms with van der Waals surface area (Å²) in [6.45, 7) is 5.96. The molecule has 5 rings (SSSR count). The van der Waals surface area contributed by atoms with Crippen LogP contribution >= 0.6 is 0 Å². The van der Waals surface area contributed by atoms with E-state index in [0.717, 1.165) is 28.9 Å². The average molecular weight is 453 g/mol. The number of aromatic nitrogens is 3. The molecule has 0 bridgehead atoms. The van der Waals surface area contributed by atoms with E-state index >= 15 is 0 Å². The van der Waals surface area contributed by atoms with Crippen LogP contribution in [0.1, 0.15) is 37.3 Å². The highest BCUT2D eigenvalue weighted by atomic mass is 16.5. The number of amides is 1. The molecule has 0 radical (unpaired) electrons. The first-order valence-electron chi connectivity index (χ1n) is 11.7. The molecule has 0 aliphatic heterocycles. The third-order valence-corrected chi connectivity index (χ3v) is 6.05. The van der Waals surface area contributed by atoms with E-state index in [1.54, 1.807) is 4.68 Å². The van der Waals surface area contributed by atoms with Crippen molar-refractivity contribution in [1.29, 1.82) is 0 Å². The van der Waals surface area contributed by atoms with E-state index in [-0.39, 0.29) is 17.9 Å². The van der Waals surface area contributed by atoms with Crippen LogP contribution < -0.4 is 10.1 Å². The zero-order chi connectivity index (χ0) is 23.7. The van der Waals surface area contributed by atoms with Crippen LogP contribution in [0.25, 0.3) is 17.1 Å². The lowest BCUT2D eigenvalue weighted by Crippen LogP contribution is -2.14. The summed E-state index contributed by atoms with van der Waals surface area (Å²) in [5.41, 5.74) is 4.94. The second-order valence-corrected chi connectivity index (χ2v) is 9.01. The number of benzene rings is 3. The number of anilines is 1. The Labute approximate surface area is 199 Å². The number of hydrogen-bond acceptors (Lipinski definition) is 4. The van der Waals surface area contributed by atoms with E-state index in [1.807, 2.05) is 74.5 Å². The fourth-order valence-corrected chi connectivity index (χ4v) is 4.21. The standard InChI is InChI=1S/C28H28N4O2/c1-18(2)34-28-30-26(23-12-8-7-9-19(23)3)32(31-28)22-15-13-21(14-16-22)29-27(33)25-17-24(25)20-10-5-4-6-11-20/h4-16,18,24-25H,17H2,1-3H3,(H,29,33)/t24-,25?/m0/s1. The van der Waals surface area contributed by atoms with E-state index in [4.69, 9.17) is 4.74 Å². The van der Waals surface area contributed by atoms with Crippen LogP contribution in [0.15, 0.2) is 78.9 Å². The molecule has 1 saturated carbocycles. The Balaban J connectivity index is 1.35. The van der Waals surface area contributed by atoms with Crippen LogP contribution in [0.2, 0.25) is 0 Å². The molecule has 1 aliphatic rings. The van der Waals surface area contributed by atoms with Gasteiger partial charge in [0, 0.05) is 17.2 Å². The van der Waals surface area contributed by atoms with Crippen molar-refractivity contribution in [2.45, 2.75) is 39.2 Å². The summed E-state index contributed by atoms with van der Waals surface area (Å²) in [7, 11) is 0. The van der Waals surface area contributed by atoms with Crippen molar-refractivity contribution in [3.63, 3.8) is 0 Å². The van der Waals surface area contributed by atoms with Crippen LogP contribution in [0, 0.1) is 12.8 Å². The van der Waals surface area contributed by atoms with E-state index in [9.17, 15) is 4.79 Å². The molecule has 0 saturated heterocycles. The number of nitrogens with one attached hydrogen (secondary N) is 1. The Bertz CT molecular complexity index is 1300. The van der Waals surface area contributed by atoms with Gasteiger partial charge in [-0.25, -0.2) is 4.68 Å². The maximum Gasteiger partial charge on any atom is 0.336 e. The molecule has 1 N–H and O–H groups in total. The largest absolute Gasteiger partial charge is 0.460 e. The number of nitrogens with zero attached hydrogens (tertiary/aromatic N) is 3. The highest BCUT2D eigenvalue weighted by molar-refractivity contribution is 5.95. The molecular formula is C28H28N4O2. The smallest absolute Gasteiger partial charge is 0.336 e. The molecule has 1 amide bonds. The van der Waals surface area contributed by atoms with Crippen LogP contribution in [0.4, 0.5) is 5.69 Å². The van der Waals surface area contributed by atoms with Crippen LogP contribution in [0.5, 0.6) is 6.01 Å². The molecule has 1 unspecified atom stereocenters. The van der Waals surface area contributed by atoms with Gasteiger partial charge in [-0.05, 0) is 68.5 Å². The molecule has 1 heterocycles. The predicted octanol–water partition coefficient (Wildman–Crippen LogP) is 5.77. The van der Waals surface area contributed by atoms with Gasteiger partial charge in [0.05, 0.1) is 11.8 Å². The zero-order valence-corrected chi connectivity index (χ0v) is 19.6. The van der Waals surface area contributed by atoms with E-state index in [0.29, 0.717) is 17.8 Å². The molecule has 0 spiro atoms. The van der Waals surface area contributed by atoms with Crippen molar-refractivity contribution in [3.8, 4) is 23.1 Å². The zero-order valence-electron chi connectivity index (χ0n) is 19.6. The van der Waals surface area contributed by atoms with Crippen molar-refractivity contribution in [2.75, 3.05) is 5.32 Å². The summed E-state index contributed by atoms with van der Waals surface area (Å²) < 4.78 is 7.56. The van der Waals surface area contributed by atoms with Crippen LogP contribution in [-0.4, -0.2) is 26.8 Å². The van der Waals surface area contributed by atoms with Gasteiger partial charge in [-0.2, -0.15) is 4.98 Å². The molecule has 2 atom stereocenters. The molecule has 6 heteroatoms. The number of carbonyl (C=O) groups is 1. The summed E-state index contributed by atoms with van der Waals surface area (Å²) >= 11 is 0. The maximum absolute atomic E-state index is 12.7. The first-order chi connectivity index (χ1) is 16.5. The van der Waals surface area contributed by atoms with E-state index < -0.39 is 0 Å². The summed E-state index contributed by atoms with van der Waals surface area (Å²) in [5, 5.41) is 7.67. The van der Waals surface area contributed by atoms with Crippen molar-refractivity contribution in [1.82, 2.24) is 14.8 Å². The molecule has 172 valence electrons. The summed E-state index contributed by atoms with van der Waals surface area (Å²) in [4.78, 5) is 17.4. The Kier molecular flexibility index (Phi) is 5.88. The van der Waals surface area contributed by atoms with Crippen molar-refractivity contribution in [3.05, 3.63) is 90.0 Å². The summed E-state index contributed by atoms with van der Waals surface area (Å²) in [6, 6.07) is 26.3. The normalized spacial score (nSPS) is 16.9. The number of rotatable bonds is 7. The van der Waals surface area contributed by atoms with Gasteiger partial charge in [0.25, 0.3) is 0 Å². The summed E-state index contributed by atoms with van der Waals surface area (Å²) in [5.74, 6) is 1.12. The van der Waals surface area contributed by atoms with E-state index in [2.05, 4.69) is 40.5 Å². The van der Waals surface area contributed by atoms with Gasteiger partial charge >= 0.3 is 6.01 Å². The number of carbonyl (C=O) groups excluding carboxylic acids is 1. The Morgan fingerprint density at radius 1 is 1.00 bits per heavy atom. The first kappa shape index (κ1) is 21.9. The molecule has 6 nitrogen and oxygen atoms in total. The second-order valence-electron chi connectivity index (χ2n) is 9.01. The summed E-state index contributed by atoms with van der Waals surface area (Å²) in [6.07, 6.45) is 0.867. The minimum atomic E-state index is -0.0275. The topological polar surface area (TPSA) is 69.0 Å². The third kappa shape index (κ3) is 4.57. The lowest BCUT2D eigenvalue weighted by Gasteiger charge is -2.10. The lowest BCUT2D eigenvalue weighted by molar-refractivity contribution is -0.117. The minimum absolute atomic E-state index is 0.0275. The second kappa shape index (κ2) is 9.14. The number of hydrogen-bond donors (Lipinski definition) is 1. The first-order valence-corrected chi connectivity index (χ1v) is 11.7. The Morgan fingerprint density at radius 3 is 2.41 bits per heavy atom. The van der Waals surface area contributed by atoms with Gasteiger partial charge in [0.15, 0.2) is 5.82 Å². The highest BCUT2D eigenvalue weighted by Crippen LogP contribution is 2.47. The number of aryl methyl sites for hydroxylation is 1. The van der Waals surface area contributed by atoms with Gasteiger partial charge in [-0.15, -0.1) is 5.10 Å². The van der Waals surface area contributed by atoms with Crippen molar-refractivity contribution in [2.24, 2.45) is 5.92 Å². The van der Waals surface area contributed by atoms with Crippen LogP contribution in [0.3, 0.4) is 0 Å². The van der Waals surface area contributed by atoms with E-state index in [1.165, 1.54) is 5.56 Å². The monoisotopic (exact) mass is 452 g/mol. The van der Waals surface area contributed by atoms with Gasteiger partial charge < -0.3 is 10.1 Å². The van der Waals surface area contributed by atoms with Gasteiger partial charge in [0.1, 0.15) is 0 Å². The SMILES string of the molecule is Cc1ccccc1-c1nc(OC(C)C)nn1-c1ccc(NC(=O)C2C[C@H]2c2ccccc2)cc1. The Hall–Kier alpha value is -3.93. The quantitative estimate of drug-likeness (QED) is 0.386. The average Bonchev–Trinajstić information content (AvgIpc) is 3.54. The molecule has 4 aromatic rings. The fourth-order valence-electron chi connectivity index (χ4n) is 4.21. The molecule has 1 fully saturated rings. The lowest BCUT2D eigenvalue weighted by atomic mass is 10.1. The van der Waals surface area contributed by atoms with Crippen molar-refractivity contribution < 1.29 is 9.53 Å². The minimum Gasteiger partial charge on any atom is -0.460 e. The molecule has 34 heavy (non-hydrogen) atoms. The molecule has 1 aliphatic carbocycles. The van der Waals surface area contributed by atoms with Gasteiger partial charge in [-0.3, -0.25) is 4.79 Å².